The van der Waals surface area contributed by atoms with Gasteiger partial charge < -0.3 is 19.3 Å². The van der Waals surface area contributed by atoms with Crippen LogP contribution in [0.15, 0.2) is 60.7 Å². The minimum atomic E-state index is -0.313. The van der Waals surface area contributed by atoms with Crippen molar-refractivity contribution in [2.24, 2.45) is 0 Å². The number of alkyl halides is 1. The van der Waals surface area contributed by atoms with Gasteiger partial charge in [0.15, 0.2) is 10.3 Å². The molecule has 8 nitrogen and oxygen atoms in total. The van der Waals surface area contributed by atoms with Gasteiger partial charge in [0.2, 0.25) is 0 Å². The molecule has 0 atom stereocenters. The van der Waals surface area contributed by atoms with Crippen LogP contribution in [0.2, 0.25) is 0 Å². The Kier molecular flexibility index (Phi) is 11.5. The Labute approximate surface area is 245 Å². The summed E-state index contributed by atoms with van der Waals surface area (Å²) >= 11 is 6.06. The maximum atomic E-state index is 11.9. The first-order valence-corrected chi connectivity index (χ1v) is 15.0. The minimum Gasteiger partial charge on any atom is -0.462 e. The van der Waals surface area contributed by atoms with Crippen molar-refractivity contribution in [3.8, 4) is 0 Å². The summed E-state index contributed by atoms with van der Waals surface area (Å²) in [7, 11) is 3.86. The summed E-state index contributed by atoms with van der Waals surface area (Å²) in [6, 6.07) is 19.8. The predicted molar refractivity (Wildman–Crippen MR) is 163 cm³/mol. The highest BCUT2D eigenvalue weighted by Crippen LogP contribution is 2.32. The summed E-state index contributed by atoms with van der Waals surface area (Å²) in [6.45, 7) is 6.16. The van der Waals surface area contributed by atoms with Crippen LogP contribution in [0.4, 0.5) is 21.6 Å². The number of halogens is 1. The monoisotopic (exact) mass is 630 g/mol. The number of nitrogens with zero attached hydrogens (tertiary/aromatic N) is 4. The fourth-order valence-electron chi connectivity index (χ4n) is 3.37. The molecular formula is C28H31BrN4O4S2. The van der Waals surface area contributed by atoms with Gasteiger partial charge in [-0.1, -0.05) is 75.0 Å². The first-order valence-electron chi connectivity index (χ1n) is 12.3. The van der Waals surface area contributed by atoms with E-state index in [1.165, 1.54) is 22.7 Å². The average molecular weight is 632 g/mol. The van der Waals surface area contributed by atoms with Gasteiger partial charge in [-0.15, -0.1) is 0 Å². The topological polar surface area (TPSA) is 84.9 Å². The van der Waals surface area contributed by atoms with E-state index in [4.69, 9.17) is 9.47 Å². The number of rotatable bonds is 9. The highest BCUT2D eigenvalue weighted by atomic mass is 79.9. The van der Waals surface area contributed by atoms with Gasteiger partial charge >= 0.3 is 11.9 Å². The molecule has 2 aromatic heterocycles. The molecule has 0 saturated carbocycles. The van der Waals surface area contributed by atoms with Crippen LogP contribution < -0.4 is 9.80 Å². The molecule has 0 aliphatic carbocycles. The van der Waals surface area contributed by atoms with E-state index < -0.39 is 0 Å². The van der Waals surface area contributed by atoms with E-state index in [2.05, 4.69) is 25.9 Å². The Morgan fingerprint density at radius 1 is 0.769 bits per heavy atom. The summed E-state index contributed by atoms with van der Waals surface area (Å²) < 4.78 is 10.1. The second-order valence-electron chi connectivity index (χ2n) is 8.05. The van der Waals surface area contributed by atoms with Gasteiger partial charge in [0, 0.05) is 30.8 Å². The first kappa shape index (κ1) is 30.3. The molecule has 0 bridgehead atoms. The molecular weight excluding hydrogens is 600 g/mol. The smallest absolute Gasteiger partial charge is 0.350 e. The standard InChI is InChI=1S/C14H15BrN2O2S.C14H16N2O2S/c1-3-19-13(18)12-11(9-15)16-14(20-12)17(2)10-7-5-4-6-8-10;1-4-18-13(17)12-10(2)15-14(19-12)16(3)11-8-6-5-7-9-11/h4-8H,3,9H2,1-2H3;5-9H,4H2,1-3H3. The number of carbonyl (C=O) groups is 2. The number of para-hydroxylation sites is 2. The van der Waals surface area contributed by atoms with Gasteiger partial charge in [-0.2, -0.15) is 0 Å². The number of benzene rings is 2. The third kappa shape index (κ3) is 7.87. The van der Waals surface area contributed by atoms with Crippen LogP contribution in [0.25, 0.3) is 0 Å². The normalized spacial score (nSPS) is 10.3. The molecule has 0 amide bonds. The van der Waals surface area contributed by atoms with Crippen molar-refractivity contribution in [1.29, 1.82) is 0 Å². The lowest BCUT2D eigenvalue weighted by Crippen LogP contribution is -2.08. The van der Waals surface area contributed by atoms with E-state index >= 15 is 0 Å². The van der Waals surface area contributed by atoms with Crippen LogP contribution in [0.3, 0.4) is 0 Å². The Morgan fingerprint density at radius 2 is 1.21 bits per heavy atom. The lowest BCUT2D eigenvalue weighted by Gasteiger charge is -2.15. The number of aromatic nitrogens is 2. The molecule has 4 rings (SSSR count). The van der Waals surface area contributed by atoms with Gasteiger partial charge in [-0.05, 0) is 45.0 Å². The number of hydrogen-bond donors (Lipinski definition) is 0. The molecule has 39 heavy (non-hydrogen) atoms. The molecule has 0 aliphatic rings. The van der Waals surface area contributed by atoms with Crippen molar-refractivity contribution in [1.82, 2.24) is 9.97 Å². The van der Waals surface area contributed by atoms with Crippen LogP contribution in [-0.4, -0.2) is 49.2 Å². The van der Waals surface area contributed by atoms with Crippen LogP contribution >= 0.6 is 38.6 Å². The number of aryl methyl sites for hydroxylation is 1. The van der Waals surface area contributed by atoms with Crippen molar-refractivity contribution >= 4 is 72.2 Å². The second-order valence-corrected chi connectivity index (χ2v) is 10.6. The van der Waals surface area contributed by atoms with Crippen LogP contribution in [0.1, 0.15) is 44.6 Å². The van der Waals surface area contributed by atoms with Gasteiger partial charge in [0.1, 0.15) is 9.75 Å². The molecule has 0 radical (unpaired) electrons. The van der Waals surface area contributed by atoms with Crippen LogP contribution in [0.5, 0.6) is 0 Å². The van der Waals surface area contributed by atoms with Crippen molar-refractivity contribution < 1.29 is 19.1 Å². The number of hydrogen-bond acceptors (Lipinski definition) is 10. The van der Waals surface area contributed by atoms with Crippen LogP contribution in [-0.2, 0) is 14.8 Å². The lowest BCUT2D eigenvalue weighted by atomic mass is 10.3. The van der Waals surface area contributed by atoms with E-state index in [9.17, 15) is 9.59 Å². The first-order chi connectivity index (χ1) is 18.8. The summed E-state index contributed by atoms with van der Waals surface area (Å²) in [6.07, 6.45) is 0. The zero-order chi connectivity index (χ0) is 28.4. The number of anilines is 4. The Morgan fingerprint density at radius 3 is 1.67 bits per heavy atom. The highest BCUT2D eigenvalue weighted by molar-refractivity contribution is 9.08. The van der Waals surface area contributed by atoms with Gasteiger partial charge in [0.05, 0.1) is 24.6 Å². The molecule has 0 saturated heterocycles. The van der Waals surface area contributed by atoms with Gasteiger partial charge in [-0.3, -0.25) is 0 Å². The zero-order valence-electron chi connectivity index (χ0n) is 22.5. The minimum absolute atomic E-state index is 0.301. The maximum Gasteiger partial charge on any atom is 0.350 e. The molecule has 0 N–H and O–H groups in total. The van der Waals surface area contributed by atoms with Crippen molar-refractivity contribution in [3.63, 3.8) is 0 Å². The van der Waals surface area contributed by atoms with Crippen molar-refractivity contribution in [3.05, 3.63) is 81.8 Å². The fourth-order valence-corrected chi connectivity index (χ4v) is 5.86. The number of thiazole rings is 2. The number of esters is 2. The summed E-state index contributed by atoms with van der Waals surface area (Å²) in [5.74, 6) is -0.614. The molecule has 206 valence electrons. The van der Waals surface area contributed by atoms with Gasteiger partial charge in [-0.25, -0.2) is 19.6 Å². The van der Waals surface area contributed by atoms with E-state index in [-0.39, 0.29) is 11.9 Å². The molecule has 11 heteroatoms. The quantitative estimate of drug-likeness (QED) is 0.140. The Bertz CT molecular complexity index is 1360. The van der Waals surface area contributed by atoms with E-state index in [0.29, 0.717) is 39.7 Å². The largest absolute Gasteiger partial charge is 0.462 e. The summed E-state index contributed by atoms with van der Waals surface area (Å²) in [5, 5.41) is 2.08. The fraction of sp³-hybridized carbons (Fsp3) is 0.286. The molecule has 4 aromatic rings. The van der Waals surface area contributed by atoms with E-state index in [0.717, 1.165) is 21.6 Å². The molecule has 2 heterocycles. The van der Waals surface area contributed by atoms with Crippen molar-refractivity contribution in [2.75, 3.05) is 37.1 Å². The zero-order valence-corrected chi connectivity index (χ0v) is 25.7. The summed E-state index contributed by atoms with van der Waals surface area (Å²) in [4.78, 5) is 37.7. The predicted octanol–water partition coefficient (Wildman–Crippen LogP) is 7.38. The molecule has 2 aromatic carbocycles. The molecule has 0 spiro atoms. The van der Waals surface area contributed by atoms with E-state index in [1.54, 1.807) is 13.8 Å². The Hall–Kier alpha value is -3.28. The van der Waals surface area contributed by atoms with E-state index in [1.807, 2.05) is 91.5 Å². The third-order valence-corrected chi connectivity index (χ3v) is 8.28. The summed E-state index contributed by atoms with van der Waals surface area (Å²) in [5.41, 5.74) is 3.48. The van der Waals surface area contributed by atoms with Gasteiger partial charge in [0.25, 0.3) is 0 Å². The molecule has 0 fully saturated rings. The number of carbonyl (C=O) groups excluding carboxylic acids is 2. The molecule has 0 unspecified atom stereocenters. The number of ether oxygens (including phenoxy) is 2. The lowest BCUT2D eigenvalue weighted by molar-refractivity contribution is 0.0521. The third-order valence-electron chi connectivity index (χ3n) is 5.38. The average Bonchev–Trinajstić information content (AvgIpc) is 3.58. The maximum absolute atomic E-state index is 11.9. The van der Waals surface area contributed by atoms with Crippen molar-refractivity contribution in [2.45, 2.75) is 26.1 Å². The molecule has 0 aliphatic heterocycles. The highest BCUT2D eigenvalue weighted by Gasteiger charge is 2.21. The SMILES string of the molecule is CCOC(=O)c1sc(N(C)c2ccccc2)nc1C.CCOC(=O)c1sc(N(C)c2ccccc2)nc1CBr. The van der Waals surface area contributed by atoms with Crippen LogP contribution in [0, 0.1) is 6.92 Å². The Balaban J connectivity index is 0.000000216. The second kappa shape index (κ2) is 14.8.